The number of nitrogens with zero attached hydrogens (tertiary/aromatic N) is 2. The van der Waals surface area contributed by atoms with E-state index in [0.29, 0.717) is 44.6 Å². The number of rotatable bonds is 9. The highest BCUT2D eigenvalue weighted by atomic mass is 35.5. The number of hydrogen-bond acceptors (Lipinski definition) is 9. The predicted molar refractivity (Wildman–Crippen MR) is 151 cm³/mol. The number of halogens is 1. The molecule has 2 heterocycles. The van der Waals surface area contributed by atoms with E-state index < -0.39 is 0 Å². The molecule has 5 aromatic rings. The van der Waals surface area contributed by atoms with Crippen molar-refractivity contribution in [1.29, 1.82) is 0 Å². The SMILES string of the molecule is COc1cc(-c2cc(-c3ccc(C)c(OCC(=O)Nc4nc5ccc(Cl)cc5s4)c3)on2)cc(OC)c1OC. The highest BCUT2D eigenvalue weighted by molar-refractivity contribution is 7.22. The van der Waals surface area contributed by atoms with Gasteiger partial charge >= 0.3 is 0 Å². The number of carbonyl (C=O) groups is 1. The lowest BCUT2D eigenvalue weighted by molar-refractivity contribution is -0.118. The van der Waals surface area contributed by atoms with Crippen molar-refractivity contribution in [3.63, 3.8) is 0 Å². The lowest BCUT2D eigenvalue weighted by Gasteiger charge is -2.13. The number of carbonyl (C=O) groups excluding carboxylic acids is 1. The van der Waals surface area contributed by atoms with E-state index in [1.165, 1.54) is 11.3 Å². The van der Waals surface area contributed by atoms with Crippen LogP contribution < -0.4 is 24.3 Å². The van der Waals surface area contributed by atoms with Gasteiger partial charge in [0.15, 0.2) is 29.0 Å². The summed E-state index contributed by atoms with van der Waals surface area (Å²) in [6.07, 6.45) is 0. The summed E-state index contributed by atoms with van der Waals surface area (Å²) >= 11 is 7.38. The first-order valence-corrected chi connectivity index (χ1v) is 12.9. The third kappa shape index (κ3) is 5.62. The summed E-state index contributed by atoms with van der Waals surface area (Å²) in [5.41, 5.74) is 3.69. The van der Waals surface area contributed by atoms with Crippen LogP contribution in [0.5, 0.6) is 23.0 Å². The maximum Gasteiger partial charge on any atom is 0.264 e. The quantitative estimate of drug-likeness (QED) is 0.212. The van der Waals surface area contributed by atoms with Crippen LogP contribution in [-0.2, 0) is 4.79 Å². The van der Waals surface area contributed by atoms with Crippen molar-refractivity contribution in [3.05, 3.63) is 65.2 Å². The highest BCUT2D eigenvalue weighted by Gasteiger charge is 2.18. The fourth-order valence-electron chi connectivity index (χ4n) is 3.94. The van der Waals surface area contributed by atoms with Crippen molar-refractivity contribution in [2.75, 3.05) is 33.3 Å². The van der Waals surface area contributed by atoms with Crippen LogP contribution in [0.25, 0.3) is 32.8 Å². The number of methoxy groups -OCH3 is 3. The Hall–Kier alpha value is -4.28. The van der Waals surface area contributed by atoms with Crippen LogP contribution in [0.1, 0.15) is 5.56 Å². The molecule has 39 heavy (non-hydrogen) atoms. The molecule has 0 bridgehead atoms. The van der Waals surface area contributed by atoms with E-state index in [9.17, 15) is 4.79 Å². The van der Waals surface area contributed by atoms with Crippen LogP contribution in [0.2, 0.25) is 5.02 Å². The van der Waals surface area contributed by atoms with Crippen LogP contribution in [0, 0.1) is 6.92 Å². The Morgan fingerprint density at radius 2 is 1.69 bits per heavy atom. The van der Waals surface area contributed by atoms with E-state index in [2.05, 4.69) is 15.5 Å². The van der Waals surface area contributed by atoms with E-state index in [1.54, 1.807) is 45.6 Å². The van der Waals surface area contributed by atoms with Crippen molar-refractivity contribution < 1.29 is 28.3 Å². The molecule has 0 aliphatic carbocycles. The second-order valence-electron chi connectivity index (χ2n) is 8.44. The Morgan fingerprint density at radius 1 is 0.949 bits per heavy atom. The Bertz CT molecular complexity index is 1640. The molecule has 0 aliphatic rings. The van der Waals surface area contributed by atoms with Gasteiger partial charge in [-0.25, -0.2) is 4.98 Å². The molecule has 0 spiro atoms. The van der Waals surface area contributed by atoms with Crippen molar-refractivity contribution in [2.24, 2.45) is 0 Å². The summed E-state index contributed by atoms with van der Waals surface area (Å²) in [6.45, 7) is 1.71. The molecule has 0 aliphatic heterocycles. The smallest absolute Gasteiger partial charge is 0.264 e. The van der Waals surface area contributed by atoms with Gasteiger partial charge in [0.05, 0.1) is 31.5 Å². The Balaban J connectivity index is 1.31. The number of anilines is 1. The second-order valence-corrected chi connectivity index (χ2v) is 9.91. The molecule has 11 heteroatoms. The minimum Gasteiger partial charge on any atom is -0.493 e. The molecular weight excluding hydrogens is 542 g/mol. The Labute approximate surface area is 233 Å². The van der Waals surface area contributed by atoms with Crippen molar-refractivity contribution in [1.82, 2.24) is 10.1 Å². The normalized spacial score (nSPS) is 10.9. The van der Waals surface area contributed by atoms with Gasteiger partial charge in [-0.3, -0.25) is 10.1 Å². The van der Waals surface area contributed by atoms with Gasteiger partial charge in [0.25, 0.3) is 5.91 Å². The lowest BCUT2D eigenvalue weighted by Crippen LogP contribution is -2.20. The Kier molecular flexibility index (Phi) is 7.58. The van der Waals surface area contributed by atoms with Crippen molar-refractivity contribution >= 4 is 44.2 Å². The topological polar surface area (TPSA) is 105 Å². The maximum atomic E-state index is 12.6. The van der Waals surface area contributed by atoms with Gasteiger partial charge in [-0.2, -0.15) is 0 Å². The summed E-state index contributed by atoms with van der Waals surface area (Å²) < 4.78 is 28.6. The first-order chi connectivity index (χ1) is 18.9. The van der Waals surface area contributed by atoms with Crippen LogP contribution in [0.4, 0.5) is 5.13 Å². The molecule has 1 amide bonds. The number of aromatic nitrogens is 2. The third-order valence-corrected chi connectivity index (χ3v) is 7.07. The molecule has 0 unspecified atom stereocenters. The highest BCUT2D eigenvalue weighted by Crippen LogP contribution is 2.41. The molecule has 1 N–H and O–H groups in total. The number of thiazole rings is 1. The average molecular weight is 566 g/mol. The first-order valence-electron chi connectivity index (χ1n) is 11.8. The minimum atomic E-state index is -0.325. The number of hydrogen-bond donors (Lipinski definition) is 1. The van der Waals surface area contributed by atoms with Crippen molar-refractivity contribution in [3.8, 4) is 45.6 Å². The van der Waals surface area contributed by atoms with Gasteiger partial charge in [-0.15, -0.1) is 0 Å². The third-order valence-electron chi connectivity index (χ3n) is 5.90. The zero-order valence-corrected chi connectivity index (χ0v) is 23.1. The molecule has 5 rings (SSSR count). The van der Waals surface area contributed by atoms with Gasteiger partial charge in [-0.05, 0) is 48.9 Å². The monoisotopic (exact) mass is 565 g/mol. The van der Waals surface area contributed by atoms with Crippen LogP contribution >= 0.6 is 22.9 Å². The number of benzene rings is 3. The summed E-state index contributed by atoms with van der Waals surface area (Å²) in [6, 6.07) is 16.4. The zero-order valence-electron chi connectivity index (χ0n) is 21.5. The standard InChI is InChI=1S/C28H24ClN3O6S/c1-15-5-6-16(22-13-20(32-38-22)17-10-23(34-2)27(36-4)24(11-17)35-3)9-21(15)37-14-26(33)31-28-30-19-8-7-18(29)12-25(19)39-28/h5-13H,14H2,1-4H3,(H,30,31,33). The molecule has 2 aromatic heterocycles. The molecule has 0 saturated heterocycles. The largest absolute Gasteiger partial charge is 0.493 e. The number of aryl methyl sites for hydroxylation is 1. The van der Waals surface area contributed by atoms with Gasteiger partial charge in [0.1, 0.15) is 11.4 Å². The maximum absolute atomic E-state index is 12.6. The van der Waals surface area contributed by atoms with Gasteiger partial charge in [-0.1, -0.05) is 40.2 Å². The molecule has 200 valence electrons. The van der Waals surface area contributed by atoms with E-state index in [-0.39, 0.29) is 12.5 Å². The van der Waals surface area contributed by atoms with Crippen LogP contribution in [0.15, 0.2) is 59.1 Å². The molecule has 0 atom stereocenters. The summed E-state index contributed by atoms with van der Waals surface area (Å²) in [5.74, 6) is 2.26. The minimum absolute atomic E-state index is 0.186. The van der Waals surface area contributed by atoms with E-state index >= 15 is 0 Å². The summed E-state index contributed by atoms with van der Waals surface area (Å²) in [5, 5.41) is 8.09. The molecule has 0 saturated carbocycles. The van der Waals surface area contributed by atoms with Crippen molar-refractivity contribution in [2.45, 2.75) is 6.92 Å². The molecular formula is C28H24ClN3O6S. The van der Waals surface area contributed by atoms with Crippen LogP contribution in [0.3, 0.4) is 0 Å². The van der Waals surface area contributed by atoms with Gasteiger partial charge < -0.3 is 23.5 Å². The summed E-state index contributed by atoms with van der Waals surface area (Å²) in [4.78, 5) is 17.0. The number of fused-ring (bicyclic) bond motifs is 1. The number of amides is 1. The van der Waals surface area contributed by atoms with E-state index in [1.807, 2.05) is 37.3 Å². The molecule has 0 fully saturated rings. The van der Waals surface area contributed by atoms with Crippen LogP contribution in [-0.4, -0.2) is 44.0 Å². The van der Waals surface area contributed by atoms with Gasteiger partial charge in [0.2, 0.25) is 5.75 Å². The fourth-order valence-corrected chi connectivity index (χ4v) is 5.09. The molecule has 9 nitrogen and oxygen atoms in total. The first kappa shape index (κ1) is 26.3. The number of nitrogens with one attached hydrogen (secondary N) is 1. The predicted octanol–water partition coefficient (Wildman–Crippen LogP) is 6.62. The van der Waals surface area contributed by atoms with Gasteiger partial charge in [0, 0.05) is 22.2 Å². The lowest BCUT2D eigenvalue weighted by atomic mass is 10.1. The molecule has 0 radical (unpaired) electrons. The zero-order chi connectivity index (χ0) is 27.5. The number of ether oxygens (including phenoxy) is 4. The molecule has 3 aromatic carbocycles. The average Bonchev–Trinajstić information content (AvgIpc) is 3.58. The van der Waals surface area contributed by atoms with E-state index in [4.69, 9.17) is 35.1 Å². The Morgan fingerprint density at radius 3 is 2.41 bits per heavy atom. The second kappa shape index (κ2) is 11.2. The van der Waals surface area contributed by atoms with E-state index in [0.717, 1.165) is 26.9 Å². The fraction of sp³-hybridized carbons (Fsp3) is 0.179. The summed E-state index contributed by atoms with van der Waals surface area (Å²) in [7, 11) is 4.66.